The van der Waals surface area contributed by atoms with Gasteiger partial charge in [0.2, 0.25) is 11.8 Å². The molecule has 2 fully saturated rings. The van der Waals surface area contributed by atoms with E-state index in [0.29, 0.717) is 12.5 Å². The second kappa shape index (κ2) is 8.76. The maximum Gasteiger partial charge on any atom is 0.239 e. The number of carbonyl (C=O) groups is 2. The number of nitrogens with zero attached hydrogens (tertiary/aromatic N) is 1. The highest BCUT2D eigenvalue weighted by Crippen LogP contribution is 2.29. The number of aryl methyl sites for hydroxylation is 1. The van der Waals surface area contributed by atoms with Gasteiger partial charge in [0.1, 0.15) is 0 Å². The third-order valence-corrected chi connectivity index (χ3v) is 5.77. The first-order valence-corrected chi connectivity index (χ1v) is 9.96. The van der Waals surface area contributed by atoms with Gasteiger partial charge in [-0.3, -0.25) is 9.59 Å². The van der Waals surface area contributed by atoms with Crippen molar-refractivity contribution < 1.29 is 9.59 Å². The largest absolute Gasteiger partial charge is 0.371 e. The number of amides is 2. The molecular weight excluding hydrogens is 350 g/mol. The molecule has 1 unspecified atom stereocenters. The number of benzene rings is 1. The Bertz CT molecular complexity index is 658. The van der Waals surface area contributed by atoms with Crippen LogP contribution in [0, 0.1) is 18.8 Å². The fourth-order valence-electron chi connectivity index (χ4n) is 3.96. The second-order valence-electron chi connectivity index (χ2n) is 7.53. The fourth-order valence-corrected chi connectivity index (χ4v) is 4.13. The predicted octanol–water partition coefficient (Wildman–Crippen LogP) is 2.90. The first kappa shape index (κ1) is 19.0. The van der Waals surface area contributed by atoms with Gasteiger partial charge in [-0.25, -0.2) is 0 Å². The minimum Gasteiger partial charge on any atom is -0.371 e. The second-order valence-corrected chi connectivity index (χ2v) is 7.97. The Hall–Kier alpha value is -1.75. The molecule has 3 rings (SSSR count). The smallest absolute Gasteiger partial charge is 0.239 e. The molecule has 6 heteroatoms. The zero-order valence-electron chi connectivity index (χ0n) is 15.4. The van der Waals surface area contributed by atoms with Gasteiger partial charge in [0, 0.05) is 36.3 Å². The molecule has 5 nitrogen and oxygen atoms in total. The molecule has 1 aromatic rings. The summed E-state index contributed by atoms with van der Waals surface area (Å²) in [5, 5.41) is 6.48. The Balaban J connectivity index is 1.39. The van der Waals surface area contributed by atoms with Crippen LogP contribution >= 0.6 is 11.6 Å². The SMILES string of the molecule is Cc1ccc(Cl)cc1N1CCC(CNC(=O)CNC(=O)C2CCCC2)C1. The van der Waals surface area contributed by atoms with Crippen LogP contribution in [0.2, 0.25) is 5.02 Å². The van der Waals surface area contributed by atoms with Crippen molar-refractivity contribution in [3.63, 3.8) is 0 Å². The van der Waals surface area contributed by atoms with Gasteiger partial charge in [-0.15, -0.1) is 0 Å². The number of hydrogen-bond acceptors (Lipinski definition) is 3. The van der Waals surface area contributed by atoms with E-state index in [0.717, 1.165) is 50.2 Å². The highest BCUT2D eigenvalue weighted by atomic mass is 35.5. The predicted molar refractivity (Wildman–Crippen MR) is 104 cm³/mol. The Labute approximate surface area is 160 Å². The molecule has 1 heterocycles. The average Bonchev–Trinajstić information content (AvgIpc) is 3.31. The summed E-state index contributed by atoms with van der Waals surface area (Å²) in [4.78, 5) is 26.3. The number of halogens is 1. The summed E-state index contributed by atoms with van der Waals surface area (Å²) in [5.41, 5.74) is 2.39. The van der Waals surface area contributed by atoms with E-state index in [1.165, 1.54) is 11.3 Å². The van der Waals surface area contributed by atoms with Crippen LogP contribution in [0.1, 0.15) is 37.7 Å². The fraction of sp³-hybridized carbons (Fsp3) is 0.600. The van der Waals surface area contributed by atoms with Gasteiger partial charge in [-0.05, 0) is 49.8 Å². The van der Waals surface area contributed by atoms with Crippen LogP contribution in [0.3, 0.4) is 0 Å². The zero-order valence-corrected chi connectivity index (χ0v) is 16.1. The van der Waals surface area contributed by atoms with Gasteiger partial charge in [0.15, 0.2) is 0 Å². The first-order chi connectivity index (χ1) is 12.5. The lowest BCUT2D eigenvalue weighted by molar-refractivity contribution is -0.128. The molecule has 2 N–H and O–H groups in total. The van der Waals surface area contributed by atoms with E-state index in [2.05, 4.69) is 22.5 Å². The van der Waals surface area contributed by atoms with E-state index in [1.807, 2.05) is 18.2 Å². The Morgan fingerprint density at radius 1 is 1.19 bits per heavy atom. The molecule has 0 bridgehead atoms. The molecule has 0 spiro atoms. The van der Waals surface area contributed by atoms with Crippen LogP contribution < -0.4 is 15.5 Å². The van der Waals surface area contributed by atoms with Gasteiger partial charge in [0.25, 0.3) is 0 Å². The molecule has 1 aromatic carbocycles. The molecule has 1 aliphatic carbocycles. The topological polar surface area (TPSA) is 61.4 Å². The molecule has 2 aliphatic rings. The van der Waals surface area contributed by atoms with Crippen molar-refractivity contribution in [1.82, 2.24) is 10.6 Å². The van der Waals surface area contributed by atoms with Gasteiger partial charge in [-0.2, -0.15) is 0 Å². The van der Waals surface area contributed by atoms with Crippen molar-refractivity contribution in [2.45, 2.75) is 39.0 Å². The van der Waals surface area contributed by atoms with Crippen molar-refractivity contribution in [1.29, 1.82) is 0 Å². The molecule has 1 saturated heterocycles. The highest BCUT2D eigenvalue weighted by Gasteiger charge is 2.25. The summed E-state index contributed by atoms with van der Waals surface area (Å²) in [5.74, 6) is 0.449. The lowest BCUT2D eigenvalue weighted by Gasteiger charge is -2.21. The van der Waals surface area contributed by atoms with Crippen LogP contribution in [0.25, 0.3) is 0 Å². The molecule has 142 valence electrons. The molecule has 0 radical (unpaired) electrons. The number of carbonyl (C=O) groups excluding carboxylic acids is 2. The highest BCUT2D eigenvalue weighted by molar-refractivity contribution is 6.30. The summed E-state index contributed by atoms with van der Waals surface area (Å²) in [6.07, 6.45) is 5.19. The first-order valence-electron chi connectivity index (χ1n) is 9.58. The quantitative estimate of drug-likeness (QED) is 0.801. The van der Waals surface area contributed by atoms with E-state index in [9.17, 15) is 9.59 Å². The van der Waals surface area contributed by atoms with E-state index < -0.39 is 0 Å². The summed E-state index contributed by atoms with van der Waals surface area (Å²) >= 11 is 6.12. The summed E-state index contributed by atoms with van der Waals surface area (Å²) in [6, 6.07) is 5.96. The average molecular weight is 378 g/mol. The minimum absolute atomic E-state index is 0.0288. The van der Waals surface area contributed by atoms with Crippen molar-refractivity contribution in [3.8, 4) is 0 Å². The van der Waals surface area contributed by atoms with E-state index in [1.54, 1.807) is 0 Å². The van der Waals surface area contributed by atoms with Gasteiger partial charge < -0.3 is 15.5 Å². The van der Waals surface area contributed by atoms with Gasteiger partial charge in [-0.1, -0.05) is 30.5 Å². The summed E-state index contributed by atoms with van der Waals surface area (Å²) in [6.45, 7) is 4.71. The van der Waals surface area contributed by atoms with Crippen LogP contribution in [-0.4, -0.2) is 38.0 Å². The maximum atomic E-state index is 12.0. The molecular formula is C20H28ClN3O2. The van der Waals surface area contributed by atoms with Crippen molar-refractivity contribution in [3.05, 3.63) is 28.8 Å². The van der Waals surface area contributed by atoms with E-state index in [4.69, 9.17) is 11.6 Å². The Morgan fingerprint density at radius 3 is 2.73 bits per heavy atom. The van der Waals surface area contributed by atoms with Crippen LogP contribution in [-0.2, 0) is 9.59 Å². The third-order valence-electron chi connectivity index (χ3n) is 5.53. The number of anilines is 1. The standard InChI is InChI=1S/C20H28ClN3O2/c1-14-6-7-17(21)10-18(14)24-9-8-15(13-24)11-22-19(25)12-23-20(26)16-4-2-3-5-16/h6-7,10,15-16H,2-5,8-9,11-13H2,1H3,(H,22,25)(H,23,26). The minimum atomic E-state index is -0.103. The van der Waals surface area contributed by atoms with Crippen LogP contribution in [0.15, 0.2) is 18.2 Å². The summed E-state index contributed by atoms with van der Waals surface area (Å²) in [7, 11) is 0. The van der Waals surface area contributed by atoms with Crippen molar-refractivity contribution in [2.75, 3.05) is 31.1 Å². The third kappa shape index (κ3) is 4.91. The van der Waals surface area contributed by atoms with E-state index >= 15 is 0 Å². The Morgan fingerprint density at radius 2 is 1.96 bits per heavy atom. The van der Waals surface area contributed by atoms with Gasteiger partial charge >= 0.3 is 0 Å². The molecule has 2 amide bonds. The van der Waals surface area contributed by atoms with Crippen molar-refractivity contribution in [2.24, 2.45) is 11.8 Å². The maximum absolute atomic E-state index is 12.0. The van der Waals surface area contributed by atoms with Crippen LogP contribution in [0.5, 0.6) is 0 Å². The number of nitrogens with one attached hydrogen (secondary N) is 2. The lowest BCUT2D eigenvalue weighted by atomic mass is 10.1. The molecule has 1 saturated carbocycles. The molecule has 1 aliphatic heterocycles. The zero-order chi connectivity index (χ0) is 18.5. The molecule has 26 heavy (non-hydrogen) atoms. The van der Waals surface area contributed by atoms with E-state index in [-0.39, 0.29) is 24.3 Å². The van der Waals surface area contributed by atoms with Crippen molar-refractivity contribution >= 4 is 29.1 Å². The number of rotatable bonds is 6. The lowest BCUT2D eigenvalue weighted by Crippen LogP contribution is -2.40. The normalized spacial score (nSPS) is 20.4. The van der Waals surface area contributed by atoms with Crippen LogP contribution in [0.4, 0.5) is 5.69 Å². The Kier molecular flexibility index (Phi) is 6.41. The monoisotopic (exact) mass is 377 g/mol. The molecule has 0 aromatic heterocycles. The molecule has 1 atom stereocenters. The number of hydrogen-bond donors (Lipinski definition) is 2. The summed E-state index contributed by atoms with van der Waals surface area (Å²) < 4.78 is 0. The van der Waals surface area contributed by atoms with Gasteiger partial charge in [0.05, 0.1) is 6.54 Å².